The van der Waals surface area contributed by atoms with E-state index in [2.05, 4.69) is 25.9 Å². The summed E-state index contributed by atoms with van der Waals surface area (Å²) in [5, 5.41) is 8.72. The minimum Gasteiger partial charge on any atom is -0.396 e. The predicted octanol–water partition coefficient (Wildman–Crippen LogP) is 1.35. The van der Waals surface area contributed by atoms with Crippen molar-refractivity contribution in [2.45, 2.75) is 26.2 Å². The lowest BCUT2D eigenvalue weighted by Gasteiger charge is -2.16. The molecule has 0 fully saturated rings. The summed E-state index contributed by atoms with van der Waals surface area (Å²) in [5.41, 5.74) is 0. The molecule has 0 aromatic carbocycles. The molecule has 68 valence electrons. The Morgan fingerprint density at radius 2 is 1.91 bits per heavy atom. The summed E-state index contributed by atoms with van der Waals surface area (Å²) in [6.45, 7) is 3.67. The lowest BCUT2D eigenvalue weighted by molar-refractivity contribution is 0.238. The number of nitrogens with zero attached hydrogens (tertiary/aromatic N) is 1. The van der Waals surface area contributed by atoms with E-state index in [1.165, 1.54) is 12.8 Å². The van der Waals surface area contributed by atoms with Crippen molar-refractivity contribution in [2.75, 3.05) is 27.2 Å². The van der Waals surface area contributed by atoms with Crippen LogP contribution in [0.15, 0.2) is 0 Å². The minimum absolute atomic E-state index is 0.339. The van der Waals surface area contributed by atoms with Gasteiger partial charge < -0.3 is 10.0 Å². The Bertz CT molecular complexity index is 83.6. The van der Waals surface area contributed by atoms with Crippen molar-refractivity contribution >= 4 is 0 Å². The van der Waals surface area contributed by atoms with Crippen LogP contribution in [0.1, 0.15) is 26.2 Å². The van der Waals surface area contributed by atoms with Crippen LogP contribution < -0.4 is 0 Å². The van der Waals surface area contributed by atoms with Gasteiger partial charge in [0.05, 0.1) is 0 Å². The number of aliphatic hydroxyl groups excluding tert-OH is 1. The second-order valence-electron chi connectivity index (χ2n) is 3.38. The van der Waals surface area contributed by atoms with Crippen molar-refractivity contribution in [2.24, 2.45) is 5.92 Å². The molecule has 1 N–H and O–H groups in total. The summed E-state index contributed by atoms with van der Waals surface area (Å²) < 4.78 is 0. The van der Waals surface area contributed by atoms with Crippen molar-refractivity contribution < 1.29 is 5.11 Å². The van der Waals surface area contributed by atoms with E-state index in [9.17, 15) is 0 Å². The van der Waals surface area contributed by atoms with Gasteiger partial charge in [0.25, 0.3) is 0 Å². The van der Waals surface area contributed by atoms with Gasteiger partial charge in [-0.2, -0.15) is 0 Å². The van der Waals surface area contributed by atoms with E-state index in [0.717, 1.165) is 13.0 Å². The summed E-state index contributed by atoms with van der Waals surface area (Å²) in [6, 6.07) is 0. The van der Waals surface area contributed by atoms with Gasteiger partial charge in [-0.3, -0.25) is 0 Å². The lowest BCUT2D eigenvalue weighted by atomic mass is 9.99. The summed E-state index contributed by atoms with van der Waals surface area (Å²) in [6.07, 6.45) is 3.36. The molecular formula is C9H21NO. The number of aliphatic hydroxyl groups is 1. The Hall–Kier alpha value is -0.0800. The second kappa shape index (κ2) is 6.62. The Morgan fingerprint density at radius 1 is 1.27 bits per heavy atom. The van der Waals surface area contributed by atoms with Gasteiger partial charge in [-0.15, -0.1) is 0 Å². The largest absolute Gasteiger partial charge is 0.396 e. The van der Waals surface area contributed by atoms with E-state index in [1.807, 2.05) is 0 Å². The van der Waals surface area contributed by atoms with Crippen molar-refractivity contribution in [1.82, 2.24) is 4.90 Å². The van der Waals surface area contributed by atoms with Crippen LogP contribution in [0.2, 0.25) is 0 Å². The van der Waals surface area contributed by atoms with Crippen LogP contribution >= 0.6 is 0 Å². The molecule has 0 saturated carbocycles. The first-order valence-electron chi connectivity index (χ1n) is 4.46. The van der Waals surface area contributed by atoms with Gasteiger partial charge in [0.15, 0.2) is 0 Å². The molecule has 0 rings (SSSR count). The van der Waals surface area contributed by atoms with Crippen LogP contribution in [-0.4, -0.2) is 37.3 Å². The molecule has 0 amide bonds. The maximum Gasteiger partial charge on any atom is 0.0433 e. The van der Waals surface area contributed by atoms with Gasteiger partial charge in [0.2, 0.25) is 0 Å². The normalized spacial score (nSPS) is 13.9. The molecule has 0 aliphatic carbocycles. The molecule has 0 aromatic heterocycles. The van der Waals surface area contributed by atoms with Gasteiger partial charge in [-0.1, -0.05) is 13.3 Å². The molecule has 1 unspecified atom stereocenters. The van der Waals surface area contributed by atoms with E-state index < -0.39 is 0 Å². The van der Waals surface area contributed by atoms with Crippen LogP contribution in [0, 0.1) is 5.92 Å². The van der Waals surface area contributed by atoms with Crippen molar-refractivity contribution in [3.05, 3.63) is 0 Å². The monoisotopic (exact) mass is 159 g/mol. The molecule has 1 atom stereocenters. The number of hydrogen-bond acceptors (Lipinski definition) is 2. The maximum absolute atomic E-state index is 8.72. The van der Waals surface area contributed by atoms with Crippen LogP contribution in [0.4, 0.5) is 0 Å². The molecule has 0 aliphatic rings. The van der Waals surface area contributed by atoms with Gasteiger partial charge in [-0.05, 0) is 39.4 Å². The van der Waals surface area contributed by atoms with E-state index in [4.69, 9.17) is 5.11 Å². The average Bonchev–Trinajstić information content (AvgIpc) is 1.97. The van der Waals surface area contributed by atoms with E-state index in [1.54, 1.807) is 0 Å². The summed E-state index contributed by atoms with van der Waals surface area (Å²) >= 11 is 0. The highest BCUT2D eigenvalue weighted by atomic mass is 16.3. The molecule has 0 saturated heterocycles. The molecule has 0 bridgehead atoms. The van der Waals surface area contributed by atoms with Crippen molar-refractivity contribution in [3.8, 4) is 0 Å². The van der Waals surface area contributed by atoms with Crippen LogP contribution in [0.3, 0.4) is 0 Å². The SMILES string of the molecule is CCC(CCO)CCN(C)C. The Morgan fingerprint density at radius 3 is 2.27 bits per heavy atom. The first-order chi connectivity index (χ1) is 5.20. The first kappa shape index (κ1) is 10.9. The summed E-state index contributed by atoms with van der Waals surface area (Å²) in [5.74, 6) is 0.711. The zero-order chi connectivity index (χ0) is 8.69. The Kier molecular flexibility index (Phi) is 6.57. The van der Waals surface area contributed by atoms with Crippen LogP contribution in [0.5, 0.6) is 0 Å². The fourth-order valence-corrected chi connectivity index (χ4v) is 1.18. The predicted molar refractivity (Wildman–Crippen MR) is 48.7 cm³/mol. The van der Waals surface area contributed by atoms with Gasteiger partial charge in [-0.25, -0.2) is 0 Å². The third kappa shape index (κ3) is 6.32. The molecule has 11 heavy (non-hydrogen) atoms. The third-order valence-electron chi connectivity index (χ3n) is 2.10. The molecule has 0 spiro atoms. The lowest BCUT2D eigenvalue weighted by Crippen LogP contribution is -2.17. The van der Waals surface area contributed by atoms with Crippen LogP contribution in [-0.2, 0) is 0 Å². The molecule has 0 heterocycles. The molecule has 0 aliphatic heterocycles. The Labute approximate surface area is 70.2 Å². The fraction of sp³-hybridized carbons (Fsp3) is 1.00. The van der Waals surface area contributed by atoms with E-state index in [-0.39, 0.29) is 0 Å². The highest BCUT2D eigenvalue weighted by Crippen LogP contribution is 2.12. The summed E-state index contributed by atoms with van der Waals surface area (Å²) in [7, 11) is 4.18. The Balaban J connectivity index is 3.35. The minimum atomic E-state index is 0.339. The highest BCUT2D eigenvalue weighted by Gasteiger charge is 2.04. The zero-order valence-corrected chi connectivity index (χ0v) is 8.01. The highest BCUT2D eigenvalue weighted by molar-refractivity contribution is 4.58. The van der Waals surface area contributed by atoms with Gasteiger partial charge >= 0.3 is 0 Å². The van der Waals surface area contributed by atoms with E-state index >= 15 is 0 Å². The standard InChI is InChI=1S/C9H21NO/c1-4-9(6-8-11)5-7-10(2)3/h9,11H,4-8H2,1-3H3. The van der Waals surface area contributed by atoms with Crippen molar-refractivity contribution in [1.29, 1.82) is 0 Å². The van der Waals surface area contributed by atoms with Gasteiger partial charge in [0, 0.05) is 6.61 Å². The molecule has 0 radical (unpaired) electrons. The van der Waals surface area contributed by atoms with Crippen LogP contribution in [0.25, 0.3) is 0 Å². The zero-order valence-electron chi connectivity index (χ0n) is 8.01. The second-order valence-corrected chi connectivity index (χ2v) is 3.38. The smallest absolute Gasteiger partial charge is 0.0433 e. The summed E-state index contributed by atoms with van der Waals surface area (Å²) in [4.78, 5) is 2.19. The molecule has 0 aromatic rings. The fourth-order valence-electron chi connectivity index (χ4n) is 1.18. The maximum atomic E-state index is 8.72. The van der Waals surface area contributed by atoms with Gasteiger partial charge in [0.1, 0.15) is 0 Å². The third-order valence-corrected chi connectivity index (χ3v) is 2.10. The molecule has 2 nitrogen and oxygen atoms in total. The first-order valence-corrected chi connectivity index (χ1v) is 4.46. The average molecular weight is 159 g/mol. The quantitative estimate of drug-likeness (QED) is 0.632. The molecular weight excluding hydrogens is 138 g/mol. The number of hydrogen-bond donors (Lipinski definition) is 1. The number of rotatable bonds is 6. The van der Waals surface area contributed by atoms with E-state index in [0.29, 0.717) is 12.5 Å². The topological polar surface area (TPSA) is 23.5 Å². The molecule has 2 heteroatoms. The van der Waals surface area contributed by atoms with Crippen molar-refractivity contribution in [3.63, 3.8) is 0 Å².